The normalized spacial score (nSPS) is 18.0. The number of nitrogens with zero attached hydrogens (tertiary/aromatic N) is 4. The molecule has 0 aliphatic carbocycles. The Hall–Kier alpha value is -2.08. The van der Waals surface area contributed by atoms with Crippen molar-refractivity contribution < 1.29 is 0 Å². The average molecular weight is 284 g/mol. The summed E-state index contributed by atoms with van der Waals surface area (Å²) in [6.45, 7) is 7.89. The predicted molar refractivity (Wildman–Crippen MR) is 81.8 cm³/mol. The molecule has 3 heterocycles. The largest absolute Gasteiger partial charge is 0.316 e. The molecular formula is C15H20N6. The second-order valence-electron chi connectivity index (χ2n) is 5.54. The molecule has 110 valence electrons. The van der Waals surface area contributed by atoms with E-state index in [2.05, 4.69) is 30.6 Å². The van der Waals surface area contributed by atoms with E-state index in [-0.39, 0.29) is 0 Å². The maximum atomic E-state index is 4.63. The summed E-state index contributed by atoms with van der Waals surface area (Å²) < 4.78 is 0. The van der Waals surface area contributed by atoms with E-state index in [1.54, 1.807) is 0 Å². The molecule has 21 heavy (non-hydrogen) atoms. The molecule has 0 bridgehead atoms. The topological polar surface area (TPSA) is 75.6 Å². The van der Waals surface area contributed by atoms with E-state index in [1.807, 2.05) is 32.9 Å². The number of hydrogen-bond acceptors (Lipinski definition) is 6. The van der Waals surface area contributed by atoms with E-state index < -0.39 is 0 Å². The maximum absolute atomic E-state index is 4.63. The smallest absolute Gasteiger partial charge is 0.228 e. The SMILES string of the molecule is Cc1cc(C)nc(Nc2cc(C)nc(C3CCNC3)n2)n1. The second kappa shape index (κ2) is 5.73. The van der Waals surface area contributed by atoms with E-state index in [9.17, 15) is 0 Å². The zero-order valence-electron chi connectivity index (χ0n) is 12.6. The van der Waals surface area contributed by atoms with Crippen LogP contribution in [0.15, 0.2) is 12.1 Å². The molecule has 2 aromatic rings. The summed E-state index contributed by atoms with van der Waals surface area (Å²) >= 11 is 0. The van der Waals surface area contributed by atoms with Crippen LogP contribution < -0.4 is 10.6 Å². The maximum Gasteiger partial charge on any atom is 0.228 e. The van der Waals surface area contributed by atoms with Gasteiger partial charge in [0.15, 0.2) is 0 Å². The monoisotopic (exact) mass is 284 g/mol. The van der Waals surface area contributed by atoms with E-state index >= 15 is 0 Å². The molecule has 0 amide bonds. The van der Waals surface area contributed by atoms with Crippen LogP contribution in [0.3, 0.4) is 0 Å². The predicted octanol–water partition coefficient (Wildman–Crippen LogP) is 2.01. The number of anilines is 2. The minimum absolute atomic E-state index is 0.394. The van der Waals surface area contributed by atoms with E-state index in [0.29, 0.717) is 11.9 Å². The number of rotatable bonds is 3. The molecule has 1 saturated heterocycles. The summed E-state index contributed by atoms with van der Waals surface area (Å²) in [7, 11) is 0. The molecule has 1 aliphatic rings. The Kier molecular flexibility index (Phi) is 3.79. The van der Waals surface area contributed by atoms with Gasteiger partial charge in [-0.05, 0) is 39.8 Å². The third-order valence-corrected chi connectivity index (χ3v) is 3.52. The summed E-state index contributed by atoms with van der Waals surface area (Å²) in [5.41, 5.74) is 2.84. The van der Waals surface area contributed by atoms with Gasteiger partial charge in [0.25, 0.3) is 0 Å². The van der Waals surface area contributed by atoms with Crippen LogP contribution >= 0.6 is 0 Å². The van der Waals surface area contributed by atoms with E-state index in [0.717, 1.165) is 48.2 Å². The molecule has 3 rings (SSSR count). The lowest BCUT2D eigenvalue weighted by atomic mass is 10.1. The van der Waals surface area contributed by atoms with Crippen molar-refractivity contribution in [2.24, 2.45) is 0 Å². The zero-order valence-corrected chi connectivity index (χ0v) is 12.6. The second-order valence-corrected chi connectivity index (χ2v) is 5.54. The van der Waals surface area contributed by atoms with Gasteiger partial charge < -0.3 is 10.6 Å². The zero-order chi connectivity index (χ0) is 14.8. The summed E-state index contributed by atoms with van der Waals surface area (Å²) in [5.74, 6) is 2.63. The van der Waals surface area contributed by atoms with Gasteiger partial charge in [-0.15, -0.1) is 0 Å². The molecule has 0 saturated carbocycles. The molecular weight excluding hydrogens is 264 g/mol. The van der Waals surface area contributed by atoms with Crippen LogP contribution in [0.4, 0.5) is 11.8 Å². The summed E-state index contributed by atoms with van der Waals surface area (Å²) in [5, 5.41) is 6.55. The fourth-order valence-electron chi connectivity index (χ4n) is 2.61. The van der Waals surface area contributed by atoms with Crippen LogP contribution in [0, 0.1) is 20.8 Å². The summed E-state index contributed by atoms with van der Waals surface area (Å²) in [4.78, 5) is 18.0. The molecule has 6 heteroatoms. The van der Waals surface area contributed by atoms with Crippen molar-refractivity contribution in [1.29, 1.82) is 0 Å². The molecule has 6 nitrogen and oxygen atoms in total. The summed E-state index contributed by atoms with van der Waals surface area (Å²) in [6.07, 6.45) is 1.09. The standard InChI is InChI=1S/C15H20N6/c1-9-6-10(2)19-15(18-9)21-13-7-11(3)17-14(20-13)12-4-5-16-8-12/h6-7,12,16H,4-5,8H2,1-3H3,(H,17,18,19,20,21). The first-order valence-electron chi connectivity index (χ1n) is 7.26. The molecule has 2 N–H and O–H groups in total. The van der Waals surface area contributed by atoms with Crippen LogP contribution in [-0.4, -0.2) is 33.0 Å². The Morgan fingerprint density at radius 3 is 2.38 bits per heavy atom. The first-order chi connectivity index (χ1) is 10.1. The quantitative estimate of drug-likeness (QED) is 0.898. The highest BCUT2D eigenvalue weighted by molar-refractivity contribution is 5.48. The number of aryl methyl sites for hydroxylation is 3. The molecule has 1 atom stereocenters. The third kappa shape index (κ3) is 3.33. The average Bonchev–Trinajstić information content (AvgIpc) is 2.90. The van der Waals surface area contributed by atoms with Gasteiger partial charge >= 0.3 is 0 Å². The van der Waals surface area contributed by atoms with Gasteiger partial charge in [0.2, 0.25) is 5.95 Å². The highest BCUT2D eigenvalue weighted by Gasteiger charge is 2.20. The lowest BCUT2D eigenvalue weighted by Crippen LogP contribution is -2.12. The van der Waals surface area contributed by atoms with Crippen molar-refractivity contribution in [3.05, 3.63) is 35.0 Å². The third-order valence-electron chi connectivity index (χ3n) is 3.52. The van der Waals surface area contributed by atoms with Crippen molar-refractivity contribution >= 4 is 11.8 Å². The van der Waals surface area contributed by atoms with Gasteiger partial charge in [-0.25, -0.2) is 19.9 Å². The van der Waals surface area contributed by atoms with Crippen LogP contribution in [-0.2, 0) is 0 Å². The fraction of sp³-hybridized carbons (Fsp3) is 0.467. The van der Waals surface area contributed by atoms with Crippen LogP contribution in [0.2, 0.25) is 0 Å². The van der Waals surface area contributed by atoms with Crippen LogP contribution in [0.25, 0.3) is 0 Å². The fourth-order valence-corrected chi connectivity index (χ4v) is 2.61. The highest BCUT2D eigenvalue weighted by Crippen LogP contribution is 2.21. The van der Waals surface area contributed by atoms with Gasteiger partial charge in [-0.1, -0.05) is 0 Å². The van der Waals surface area contributed by atoms with Crippen molar-refractivity contribution in [2.75, 3.05) is 18.4 Å². The first-order valence-corrected chi connectivity index (χ1v) is 7.26. The number of hydrogen-bond donors (Lipinski definition) is 2. The first kappa shape index (κ1) is 13.9. The lowest BCUT2D eigenvalue weighted by molar-refractivity contribution is 0.698. The Balaban J connectivity index is 1.87. The molecule has 1 unspecified atom stereocenters. The lowest BCUT2D eigenvalue weighted by Gasteiger charge is -2.11. The van der Waals surface area contributed by atoms with Gasteiger partial charge in [-0.3, -0.25) is 0 Å². The molecule has 1 aliphatic heterocycles. The minimum Gasteiger partial charge on any atom is -0.316 e. The van der Waals surface area contributed by atoms with Gasteiger partial charge in [-0.2, -0.15) is 0 Å². The van der Waals surface area contributed by atoms with Crippen molar-refractivity contribution in [3.63, 3.8) is 0 Å². The van der Waals surface area contributed by atoms with Gasteiger partial charge in [0.1, 0.15) is 11.6 Å². The molecule has 0 radical (unpaired) electrons. The van der Waals surface area contributed by atoms with E-state index in [1.165, 1.54) is 0 Å². The van der Waals surface area contributed by atoms with Gasteiger partial charge in [0, 0.05) is 35.6 Å². The Morgan fingerprint density at radius 2 is 1.71 bits per heavy atom. The molecule has 1 fully saturated rings. The number of nitrogens with one attached hydrogen (secondary N) is 2. The Labute approximate surface area is 124 Å². The van der Waals surface area contributed by atoms with Gasteiger partial charge in [0.05, 0.1) is 0 Å². The van der Waals surface area contributed by atoms with E-state index in [4.69, 9.17) is 0 Å². The highest BCUT2D eigenvalue weighted by atomic mass is 15.2. The summed E-state index contributed by atoms with van der Waals surface area (Å²) in [6, 6.07) is 3.87. The van der Waals surface area contributed by atoms with Crippen molar-refractivity contribution in [1.82, 2.24) is 25.3 Å². The molecule has 0 spiro atoms. The van der Waals surface area contributed by atoms with Crippen LogP contribution in [0.1, 0.15) is 35.2 Å². The molecule has 0 aromatic carbocycles. The Morgan fingerprint density at radius 1 is 1.00 bits per heavy atom. The van der Waals surface area contributed by atoms with Crippen LogP contribution in [0.5, 0.6) is 0 Å². The number of aromatic nitrogens is 4. The minimum atomic E-state index is 0.394. The van der Waals surface area contributed by atoms with Crippen molar-refractivity contribution in [3.8, 4) is 0 Å². The Bertz CT molecular complexity index is 628. The van der Waals surface area contributed by atoms with Crippen molar-refractivity contribution in [2.45, 2.75) is 33.1 Å². The molecule has 2 aromatic heterocycles.